The van der Waals surface area contributed by atoms with E-state index < -0.39 is 0 Å². The van der Waals surface area contributed by atoms with Crippen molar-refractivity contribution in [3.63, 3.8) is 0 Å². The summed E-state index contributed by atoms with van der Waals surface area (Å²) in [6.07, 6.45) is 0. The van der Waals surface area contributed by atoms with Crippen molar-refractivity contribution >= 4 is 0 Å². The molecule has 0 bridgehead atoms. The summed E-state index contributed by atoms with van der Waals surface area (Å²) in [6.45, 7) is 13.9. The summed E-state index contributed by atoms with van der Waals surface area (Å²) in [5.74, 6) is 1.93. The largest absolute Gasteiger partial charge is 0.339 e. The average molecular weight is 237 g/mol. The van der Waals surface area contributed by atoms with Crippen LogP contribution < -0.4 is 5.32 Å². The van der Waals surface area contributed by atoms with E-state index in [1.807, 2.05) is 0 Å². The molecule has 0 radical (unpaired) electrons. The number of nitrogens with zero attached hydrogens (tertiary/aromatic N) is 2. The van der Waals surface area contributed by atoms with Crippen LogP contribution in [0.2, 0.25) is 0 Å². The van der Waals surface area contributed by atoms with Crippen LogP contribution in [0.1, 0.15) is 59.2 Å². The van der Waals surface area contributed by atoms with Gasteiger partial charge in [-0.2, -0.15) is 4.98 Å². The lowest BCUT2D eigenvalue weighted by Gasteiger charge is -2.03. The second-order valence-corrected chi connectivity index (χ2v) is 6.46. The molecule has 0 aromatic carbocycles. The van der Waals surface area contributed by atoms with Crippen molar-refractivity contribution in [2.75, 3.05) is 0 Å². The highest BCUT2D eigenvalue weighted by Crippen LogP contribution is 2.73. The summed E-state index contributed by atoms with van der Waals surface area (Å²) in [7, 11) is 0. The molecule has 96 valence electrons. The van der Waals surface area contributed by atoms with Crippen molar-refractivity contribution in [2.45, 2.75) is 60.0 Å². The zero-order valence-electron chi connectivity index (χ0n) is 11.7. The van der Waals surface area contributed by atoms with E-state index in [-0.39, 0.29) is 10.8 Å². The first-order valence-electron chi connectivity index (χ1n) is 6.32. The third-order valence-electron chi connectivity index (χ3n) is 4.42. The summed E-state index contributed by atoms with van der Waals surface area (Å²) >= 11 is 0. The van der Waals surface area contributed by atoms with Gasteiger partial charge in [-0.05, 0) is 10.8 Å². The molecule has 0 aliphatic heterocycles. The fourth-order valence-corrected chi connectivity index (χ4v) is 2.57. The van der Waals surface area contributed by atoms with Crippen molar-refractivity contribution < 1.29 is 4.52 Å². The molecule has 1 aliphatic carbocycles. The van der Waals surface area contributed by atoms with Gasteiger partial charge in [-0.25, -0.2) is 0 Å². The summed E-state index contributed by atoms with van der Waals surface area (Å²) in [5.41, 5.74) is 0.505. The third-order valence-corrected chi connectivity index (χ3v) is 4.42. The second kappa shape index (κ2) is 3.80. The van der Waals surface area contributed by atoms with Gasteiger partial charge in [-0.3, -0.25) is 0 Å². The number of rotatable bonds is 4. The summed E-state index contributed by atoms with van der Waals surface area (Å²) in [5, 5.41) is 7.32. The van der Waals surface area contributed by atoms with E-state index in [0.717, 1.165) is 11.7 Å². The Morgan fingerprint density at radius 1 is 1.24 bits per heavy atom. The molecule has 0 atom stereocenters. The molecule has 0 saturated heterocycles. The van der Waals surface area contributed by atoms with Crippen LogP contribution in [-0.4, -0.2) is 16.2 Å². The van der Waals surface area contributed by atoms with Gasteiger partial charge in [0.1, 0.15) is 0 Å². The summed E-state index contributed by atoms with van der Waals surface area (Å²) < 4.78 is 5.39. The molecule has 0 unspecified atom stereocenters. The highest BCUT2D eigenvalue weighted by atomic mass is 16.5. The molecule has 2 rings (SSSR count). The molecule has 1 heterocycles. The van der Waals surface area contributed by atoms with E-state index in [0.29, 0.717) is 18.5 Å². The highest BCUT2D eigenvalue weighted by molar-refractivity contribution is 5.24. The van der Waals surface area contributed by atoms with Gasteiger partial charge in [-0.1, -0.05) is 46.7 Å². The fraction of sp³-hybridized carbons (Fsp3) is 0.846. The zero-order chi connectivity index (χ0) is 12.8. The normalized spacial score (nSPS) is 22.1. The molecule has 1 N–H and O–H groups in total. The van der Waals surface area contributed by atoms with Gasteiger partial charge in [0, 0.05) is 12.0 Å². The Bertz CT molecular complexity index is 393. The van der Waals surface area contributed by atoms with Crippen molar-refractivity contribution in [1.82, 2.24) is 15.5 Å². The standard InChI is InChI=1S/C13H23N3O/c1-8(2)14-7-9-15-11(17-16-9)10-12(3,4)13(10,5)6/h8,10,14H,7H2,1-6H3. The van der Waals surface area contributed by atoms with Gasteiger partial charge in [0.05, 0.1) is 6.54 Å². The van der Waals surface area contributed by atoms with Crippen molar-refractivity contribution in [1.29, 1.82) is 0 Å². The molecule has 4 heteroatoms. The highest BCUT2D eigenvalue weighted by Gasteiger charge is 2.67. The Kier molecular flexibility index (Phi) is 2.81. The van der Waals surface area contributed by atoms with Gasteiger partial charge in [0.15, 0.2) is 5.82 Å². The quantitative estimate of drug-likeness (QED) is 0.874. The van der Waals surface area contributed by atoms with E-state index in [9.17, 15) is 0 Å². The van der Waals surface area contributed by atoms with Crippen LogP contribution in [0, 0.1) is 10.8 Å². The Morgan fingerprint density at radius 2 is 1.82 bits per heavy atom. The average Bonchev–Trinajstić information content (AvgIpc) is 2.55. The molecular formula is C13H23N3O. The van der Waals surface area contributed by atoms with E-state index in [1.165, 1.54) is 0 Å². The predicted molar refractivity (Wildman–Crippen MR) is 66.6 cm³/mol. The minimum Gasteiger partial charge on any atom is -0.339 e. The van der Waals surface area contributed by atoms with Gasteiger partial charge in [0.25, 0.3) is 0 Å². The molecule has 17 heavy (non-hydrogen) atoms. The van der Waals surface area contributed by atoms with Gasteiger partial charge < -0.3 is 9.84 Å². The minimum absolute atomic E-state index is 0.252. The van der Waals surface area contributed by atoms with E-state index in [1.54, 1.807) is 0 Å². The molecule has 4 nitrogen and oxygen atoms in total. The smallest absolute Gasteiger partial charge is 0.230 e. The molecule has 1 aromatic heterocycles. The molecular weight excluding hydrogens is 214 g/mol. The Labute approximate surface area is 103 Å². The SMILES string of the molecule is CC(C)NCc1noc(C2C(C)(C)C2(C)C)n1. The van der Waals surface area contributed by atoms with Crippen LogP contribution in [0.25, 0.3) is 0 Å². The molecule has 1 aromatic rings. The van der Waals surface area contributed by atoms with Gasteiger partial charge in [0.2, 0.25) is 5.89 Å². The lowest BCUT2D eigenvalue weighted by atomic mass is 10.0. The fourth-order valence-electron chi connectivity index (χ4n) is 2.57. The zero-order valence-corrected chi connectivity index (χ0v) is 11.7. The Morgan fingerprint density at radius 3 is 2.29 bits per heavy atom. The number of nitrogens with one attached hydrogen (secondary N) is 1. The number of hydrogen-bond acceptors (Lipinski definition) is 4. The maximum atomic E-state index is 5.39. The summed E-state index contributed by atoms with van der Waals surface area (Å²) in [6, 6.07) is 0.436. The first-order valence-corrected chi connectivity index (χ1v) is 6.32. The summed E-state index contributed by atoms with van der Waals surface area (Å²) in [4.78, 5) is 4.50. The number of hydrogen-bond donors (Lipinski definition) is 1. The Hall–Kier alpha value is -0.900. The maximum Gasteiger partial charge on any atom is 0.230 e. The lowest BCUT2D eigenvalue weighted by molar-refractivity contribution is 0.359. The molecule has 1 aliphatic rings. The molecule has 1 fully saturated rings. The topological polar surface area (TPSA) is 51.0 Å². The van der Waals surface area contributed by atoms with Crippen LogP contribution in [0.4, 0.5) is 0 Å². The predicted octanol–water partition coefficient (Wildman–Crippen LogP) is 2.72. The number of aromatic nitrogens is 2. The van der Waals surface area contributed by atoms with Gasteiger partial charge in [-0.15, -0.1) is 0 Å². The molecule has 0 spiro atoms. The Balaban J connectivity index is 2.05. The van der Waals surface area contributed by atoms with Gasteiger partial charge >= 0.3 is 0 Å². The molecule has 0 amide bonds. The van der Waals surface area contributed by atoms with E-state index >= 15 is 0 Å². The molecule has 1 saturated carbocycles. The minimum atomic E-state index is 0.252. The first kappa shape index (κ1) is 12.6. The maximum absolute atomic E-state index is 5.39. The van der Waals surface area contributed by atoms with Crippen LogP contribution in [0.3, 0.4) is 0 Å². The van der Waals surface area contributed by atoms with Crippen molar-refractivity contribution in [3.05, 3.63) is 11.7 Å². The second-order valence-electron chi connectivity index (χ2n) is 6.46. The lowest BCUT2D eigenvalue weighted by Crippen LogP contribution is -2.22. The first-order chi connectivity index (χ1) is 7.76. The van der Waals surface area contributed by atoms with E-state index in [2.05, 4.69) is 57.0 Å². The van der Waals surface area contributed by atoms with E-state index in [4.69, 9.17) is 4.52 Å². The monoisotopic (exact) mass is 237 g/mol. The van der Waals surface area contributed by atoms with Crippen molar-refractivity contribution in [3.8, 4) is 0 Å². The van der Waals surface area contributed by atoms with Crippen LogP contribution >= 0.6 is 0 Å². The third kappa shape index (κ3) is 1.99. The van der Waals surface area contributed by atoms with Crippen LogP contribution in [0.15, 0.2) is 4.52 Å². The van der Waals surface area contributed by atoms with Crippen LogP contribution in [0.5, 0.6) is 0 Å². The van der Waals surface area contributed by atoms with Crippen LogP contribution in [-0.2, 0) is 6.54 Å². The van der Waals surface area contributed by atoms with Crippen molar-refractivity contribution in [2.24, 2.45) is 10.8 Å².